The zero-order chi connectivity index (χ0) is 11.4. The van der Waals surface area contributed by atoms with Crippen LogP contribution in [0.25, 0.3) is 0 Å². The predicted molar refractivity (Wildman–Crippen MR) is 68.0 cm³/mol. The van der Waals surface area contributed by atoms with Gasteiger partial charge in [-0.3, -0.25) is 0 Å². The lowest BCUT2D eigenvalue weighted by molar-refractivity contribution is 0.318. The summed E-state index contributed by atoms with van der Waals surface area (Å²) in [5, 5.41) is 0. The van der Waals surface area contributed by atoms with Gasteiger partial charge < -0.3 is 4.74 Å². The zero-order valence-corrected chi connectivity index (χ0v) is 10.4. The van der Waals surface area contributed by atoms with Crippen molar-refractivity contribution in [2.24, 2.45) is 5.92 Å². The number of benzene rings is 1. The maximum atomic E-state index is 5.29. The summed E-state index contributed by atoms with van der Waals surface area (Å²) >= 11 is 0. The molecule has 0 aromatic heterocycles. The van der Waals surface area contributed by atoms with Crippen molar-refractivity contribution < 1.29 is 4.74 Å². The van der Waals surface area contributed by atoms with E-state index in [0.29, 0.717) is 0 Å². The van der Waals surface area contributed by atoms with Crippen LogP contribution in [0.3, 0.4) is 0 Å². The average molecular weight is 218 g/mol. The largest absolute Gasteiger partial charge is 0.497 e. The minimum atomic E-state index is 0.762. The van der Waals surface area contributed by atoms with Crippen molar-refractivity contribution in [1.82, 2.24) is 0 Å². The Bertz CT molecular complexity index is 324. The van der Waals surface area contributed by atoms with Gasteiger partial charge in [0.25, 0.3) is 0 Å². The highest BCUT2D eigenvalue weighted by molar-refractivity contribution is 5.31. The summed E-state index contributed by atoms with van der Waals surface area (Å²) in [5.41, 5.74) is 1.47. The summed E-state index contributed by atoms with van der Waals surface area (Å²) in [6.45, 7) is 2.32. The van der Waals surface area contributed by atoms with Crippen molar-refractivity contribution in [3.05, 3.63) is 29.8 Å². The van der Waals surface area contributed by atoms with Gasteiger partial charge >= 0.3 is 0 Å². The summed E-state index contributed by atoms with van der Waals surface area (Å²) in [6, 6.07) is 8.59. The molecule has 1 aliphatic rings. The summed E-state index contributed by atoms with van der Waals surface area (Å²) in [7, 11) is 1.74. The van der Waals surface area contributed by atoms with Crippen LogP contribution in [0.2, 0.25) is 0 Å². The Hall–Kier alpha value is -0.980. The van der Waals surface area contributed by atoms with E-state index >= 15 is 0 Å². The molecule has 0 heterocycles. The molecule has 1 heteroatoms. The fourth-order valence-corrected chi connectivity index (χ4v) is 2.80. The van der Waals surface area contributed by atoms with Crippen LogP contribution in [0.15, 0.2) is 24.3 Å². The molecular formula is C15H22O. The van der Waals surface area contributed by atoms with Crippen LogP contribution in [0, 0.1) is 5.92 Å². The van der Waals surface area contributed by atoms with Gasteiger partial charge in [-0.2, -0.15) is 0 Å². The molecule has 16 heavy (non-hydrogen) atoms. The second kappa shape index (κ2) is 5.38. The number of rotatable bonds is 3. The Labute approximate surface area is 98.8 Å². The van der Waals surface area contributed by atoms with Crippen molar-refractivity contribution in [3.63, 3.8) is 0 Å². The molecule has 2 rings (SSSR count). The van der Waals surface area contributed by atoms with Crippen LogP contribution >= 0.6 is 0 Å². The molecule has 0 aliphatic heterocycles. The summed E-state index contributed by atoms with van der Waals surface area (Å²) in [6.07, 6.45) is 6.86. The molecule has 1 saturated carbocycles. The molecular weight excluding hydrogens is 196 g/mol. The fraction of sp³-hybridized carbons (Fsp3) is 0.600. The molecule has 1 nitrogen and oxygen atoms in total. The number of methoxy groups -OCH3 is 1. The Morgan fingerprint density at radius 3 is 2.56 bits per heavy atom. The van der Waals surface area contributed by atoms with Gasteiger partial charge in [0.2, 0.25) is 0 Å². The minimum Gasteiger partial charge on any atom is -0.497 e. The first-order chi connectivity index (χ1) is 7.83. The highest BCUT2D eigenvalue weighted by atomic mass is 16.5. The van der Waals surface area contributed by atoms with Crippen LogP contribution in [-0.4, -0.2) is 7.11 Å². The molecule has 0 atom stereocenters. The summed E-state index contributed by atoms with van der Waals surface area (Å²) in [5.74, 6) is 2.73. The van der Waals surface area contributed by atoms with E-state index in [-0.39, 0.29) is 0 Å². The Morgan fingerprint density at radius 2 is 1.94 bits per heavy atom. The summed E-state index contributed by atoms with van der Waals surface area (Å²) < 4.78 is 5.29. The second-order valence-electron chi connectivity index (χ2n) is 4.90. The summed E-state index contributed by atoms with van der Waals surface area (Å²) in [4.78, 5) is 0. The monoisotopic (exact) mass is 218 g/mol. The first-order valence-corrected chi connectivity index (χ1v) is 6.47. The van der Waals surface area contributed by atoms with Crippen molar-refractivity contribution in [1.29, 1.82) is 0 Å². The minimum absolute atomic E-state index is 0.762. The van der Waals surface area contributed by atoms with E-state index in [2.05, 4.69) is 25.1 Å². The molecule has 0 unspecified atom stereocenters. The van der Waals surface area contributed by atoms with E-state index in [1.807, 2.05) is 6.07 Å². The standard InChI is InChI=1S/C15H22O/c1-3-12-7-9-13(10-8-12)14-5-4-6-15(11-14)16-2/h4-6,11-13H,3,7-10H2,1-2H3. The predicted octanol–water partition coefficient (Wildman–Crippen LogP) is 4.38. The van der Waals surface area contributed by atoms with Crippen molar-refractivity contribution >= 4 is 0 Å². The second-order valence-corrected chi connectivity index (χ2v) is 4.90. The quantitative estimate of drug-likeness (QED) is 0.731. The van der Waals surface area contributed by atoms with Gasteiger partial charge in [-0.1, -0.05) is 25.5 Å². The third-order valence-electron chi connectivity index (χ3n) is 3.99. The van der Waals surface area contributed by atoms with Gasteiger partial charge in [-0.25, -0.2) is 0 Å². The van der Waals surface area contributed by atoms with Crippen LogP contribution < -0.4 is 4.74 Å². The topological polar surface area (TPSA) is 9.23 Å². The van der Waals surface area contributed by atoms with Crippen LogP contribution in [-0.2, 0) is 0 Å². The molecule has 1 aliphatic carbocycles. The van der Waals surface area contributed by atoms with Crippen molar-refractivity contribution in [2.75, 3.05) is 7.11 Å². The first kappa shape index (κ1) is 11.5. The molecule has 0 bridgehead atoms. The van der Waals surface area contributed by atoms with E-state index in [9.17, 15) is 0 Å². The maximum absolute atomic E-state index is 5.29. The SMILES string of the molecule is CCC1CCC(c2cccc(OC)c2)CC1. The van der Waals surface area contributed by atoms with E-state index in [1.165, 1.54) is 37.7 Å². The highest BCUT2D eigenvalue weighted by Crippen LogP contribution is 2.37. The van der Waals surface area contributed by atoms with Crippen LogP contribution in [0.5, 0.6) is 5.75 Å². The van der Waals surface area contributed by atoms with Gasteiger partial charge in [0.1, 0.15) is 5.75 Å². The molecule has 1 fully saturated rings. The first-order valence-electron chi connectivity index (χ1n) is 6.47. The van der Waals surface area contributed by atoms with Crippen LogP contribution in [0.4, 0.5) is 0 Å². The van der Waals surface area contributed by atoms with E-state index in [1.54, 1.807) is 7.11 Å². The molecule has 0 radical (unpaired) electrons. The van der Waals surface area contributed by atoms with Crippen LogP contribution in [0.1, 0.15) is 50.5 Å². The molecule has 0 N–H and O–H groups in total. The fourth-order valence-electron chi connectivity index (χ4n) is 2.80. The normalized spacial score (nSPS) is 25.4. The number of ether oxygens (including phenoxy) is 1. The Morgan fingerprint density at radius 1 is 1.19 bits per heavy atom. The molecule has 1 aromatic carbocycles. The molecule has 1 aromatic rings. The number of hydrogen-bond acceptors (Lipinski definition) is 1. The lowest BCUT2D eigenvalue weighted by Crippen LogP contribution is -2.12. The molecule has 0 saturated heterocycles. The van der Waals surface area contributed by atoms with Crippen molar-refractivity contribution in [2.45, 2.75) is 44.9 Å². The Kier molecular flexibility index (Phi) is 3.87. The van der Waals surface area contributed by atoms with E-state index in [0.717, 1.165) is 17.6 Å². The maximum Gasteiger partial charge on any atom is 0.119 e. The zero-order valence-electron chi connectivity index (χ0n) is 10.4. The molecule has 0 amide bonds. The van der Waals surface area contributed by atoms with E-state index in [4.69, 9.17) is 4.74 Å². The van der Waals surface area contributed by atoms with Gasteiger partial charge in [0.05, 0.1) is 7.11 Å². The average Bonchev–Trinajstić information content (AvgIpc) is 2.39. The Balaban J connectivity index is 2.02. The van der Waals surface area contributed by atoms with Crippen molar-refractivity contribution in [3.8, 4) is 5.75 Å². The van der Waals surface area contributed by atoms with Gasteiger partial charge in [0.15, 0.2) is 0 Å². The molecule has 0 spiro atoms. The lowest BCUT2D eigenvalue weighted by atomic mass is 9.78. The number of hydrogen-bond donors (Lipinski definition) is 0. The smallest absolute Gasteiger partial charge is 0.119 e. The molecule has 88 valence electrons. The lowest BCUT2D eigenvalue weighted by Gasteiger charge is -2.28. The third kappa shape index (κ3) is 2.58. The highest BCUT2D eigenvalue weighted by Gasteiger charge is 2.21. The van der Waals surface area contributed by atoms with Gasteiger partial charge in [-0.05, 0) is 55.2 Å². The van der Waals surface area contributed by atoms with E-state index < -0.39 is 0 Å². The third-order valence-corrected chi connectivity index (χ3v) is 3.99. The van der Waals surface area contributed by atoms with Gasteiger partial charge in [0, 0.05) is 0 Å². The van der Waals surface area contributed by atoms with Gasteiger partial charge in [-0.15, -0.1) is 0 Å².